The number of fused-ring (bicyclic) bond motifs is 1. The van der Waals surface area contributed by atoms with Gasteiger partial charge in [-0.2, -0.15) is 13.2 Å². The molecule has 24 heavy (non-hydrogen) atoms. The molecule has 10 heteroatoms. The van der Waals surface area contributed by atoms with Crippen molar-refractivity contribution >= 4 is 11.8 Å². The fraction of sp³-hybridized carbons (Fsp3) is 0.714. The maximum absolute atomic E-state index is 12.4. The second-order valence-corrected chi connectivity index (χ2v) is 6.25. The van der Waals surface area contributed by atoms with Gasteiger partial charge in [-0.15, -0.1) is 10.2 Å². The lowest BCUT2D eigenvalue weighted by Crippen LogP contribution is -2.38. The van der Waals surface area contributed by atoms with Crippen LogP contribution in [0.3, 0.4) is 0 Å². The molecule has 1 aromatic heterocycles. The summed E-state index contributed by atoms with van der Waals surface area (Å²) in [7, 11) is 0. The normalized spacial score (nSPS) is 21.9. The Kier molecular flexibility index (Phi) is 4.22. The molecule has 1 fully saturated rings. The molecule has 2 amide bonds. The molecular formula is C14H18F3N5O2. The van der Waals surface area contributed by atoms with Gasteiger partial charge in [-0.3, -0.25) is 9.59 Å². The second kappa shape index (κ2) is 6.06. The third-order valence-electron chi connectivity index (χ3n) is 4.34. The van der Waals surface area contributed by atoms with Crippen molar-refractivity contribution in [2.75, 3.05) is 13.1 Å². The first-order valence-corrected chi connectivity index (χ1v) is 7.81. The van der Waals surface area contributed by atoms with Crippen LogP contribution in [0.5, 0.6) is 0 Å². The molecule has 1 aromatic rings. The van der Waals surface area contributed by atoms with E-state index in [4.69, 9.17) is 0 Å². The molecule has 0 aromatic carbocycles. The molecule has 1 N–H and O–H groups in total. The van der Waals surface area contributed by atoms with E-state index in [0.717, 1.165) is 25.2 Å². The van der Waals surface area contributed by atoms with E-state index in [2.05, 4.69) is 15.5 Å². The fourth-order valence-corrected chi connectivity index (χ4v) is 3.21. The highest BCUT2D eigenvalue weighted by Crippen LogP contribution is 2.25. The van der Waals surface area contributed by atoms with Gasteiger partial charge in [-0.25, -0.2) is 0 Å². The maximum Gasteiger partial charge on any atom is 0.406 e. The lowest BCUT2D eigenvalue weighted by Gasteiger charge is -2.19. The van der Waals surface area contributed by atoms with Crippen molar-refractivity contribution in [3.8, 4) is 0 Å². The summed E-state index contributed by atoms with van der Waals surface area (Å²) in [6.45, 7) is 1.01. The van der Waals surface area contributed by atoms with Crippen LogP contribution in [-0.2, 0) is 22.6 Å². The summed E-state index contributed by atoms with van der Waals surface area (Å²) in [5.74, 6) is -0.353. The van der Waals surface area contributed by atoms with Gasteiger partial charge in [-0.05, 0) is 13.3 Å². The average molecular weight is 345 g/mol. The molecule has 0 bridgehead atoms. The number of nitrogens with one attached hydrogen (secondary N) is 1. The zero-order chi connectivity index (χ0) is 17.5. The van der Waals surface area contributed by atoms with Crippen LogP contribution in [0.15, 0.2) is 0 Å². The highest BCUT2D eigenvalue weighted by atomic mass is 19.4. The van der Waals surface area contributed by atoms with E-state index in [0.29, 0.717) is 10.7 Å². The van der Waals surface area contributed by atoms with Gasteiger partial charge in [-0.1, -0.05) is 0 Å². The first kappa shape index (κ1) is 16.7. The Morgan fingerprint density at radius 3 is 2.88 bits per heavy atom. The quantitative estimate of drug-likeness (QED) is 0.876. The van der Waals surface area contributed by atoms with Crippen molar-refractivity contribution in [1.82, 2.24) is 25.0 Å². The number of carbonyl (C=O) groups is 2. The van der Waals surface area contributed by atoms with Crippen molar-refractivity contribution < 1.29 is 22.8 Å². The average Bonchev–Trinajstić information content (AvgIpc) is 3.13. The van der Waals surface area contributed by atoms with Gasteiger partial charge in [0.15, 0.2) is 5.82 Å². The van der Waals surface area contributed by atoms with Gasteiger partial charge in [0, 0.05) is 25.9 Å². The molecule has 0 saturated carbocycles. The van der Waals surface area contributed by atoms with E-state index in [1.807, 2.05) is 4.57 Å². The van der Waals surface area contributed by atoms with Crippen molar-refractivity contribution in [2.45, 2.75) is 44.9 Å². The van der Waals surface area contributed by atoms with Crippen molar-refractivity contribution in [1.29, 1.82) is 0 Å². The zero-order valence-corrected chi connectivity index (χ0v) is 13.1. The van der Waals surface area contributed by atoms with Crippen LogP contribution in [0.1, 0.15) is 37.5 Å². The maximum atomic E-state index is 12.4. The molecule has 0 aliphatic carbocycles. The number of aromatic nitrogens is 3. The number of hydrogen-bond acceptors (Lipinski definition) is 4. The lowest BCUT2D eigenvalue weighted by molar-refractivity contribution is -0.157. The number of alkyl halides is 3. The van der Waals surface area contributed by atoms with E-state index in [1.165, 1.54) is 0 Å². The topological polar surface area (TPSA) is 80.1 Å². The molecule has 0 spiro atoms. The molecule has 3 rings (SSSR count). The minimum Gasteiger partial charge on any atom is -0.346 e. The van der Waals surface area contributed by atoms with Crippen LogP contribution in [0.25, 0.3) is 0 Å². The molecule has 2 atom stereocenters. The minimum absolute atomic E-state index is 0.202. The second-order valence-electron chi connectivity index (χ2n) is 6.25. The smallest absolute Gasteiger partial charge is 0.346 e. The Hall–Kier alpha value is -2.13. The number of hydrogen-bond donors (Lipinski definition) is 1. The van der Waals surface area contributed by atoms with Crippen molar-refractivity contribution in [3.63, 3.8) is 0 Å². The summed E-state index contributed by atoms with van der Waals surface area (Å²) in [6.07, 6.45) is -2.85. The Morgan fingerprint density at radius 2 is 2.17 bits per heavy atom. The van der Waals surface area contributed by atoms with E-state index < -0.39 is 36.5 Å². The predicted molar refractivity (Wildman–Crippen MR) is 75.6 cm³/mol. The van der Waals surface area contributed by atoms with E-state index in [-0.39, 0.29) is 13.0 Å². The number of amides is 2. The number of halogens is 3. The molecule has 7 nitrogen and oxygen atoms in total. The molecule has 3 heterocycles. The molecule has 0 radical (unpaired) electrons. The summed E-state index contributed by atoms with van der Waals surface area (Å²) in [5.41, 5.74) is 0. The standard InChI is InChI=1S/C14H18F3N5O2/c1-8(12-20-19-10-3-2-4-22(10)12)18-13(24)9-5-11(23)21(6-9)7-14(15,16)17/h8-9H,2-7H2,1H3,(H,18,24)/t8-,9+/m0/s1. The van der Waals surface area contributed by atoms with Crippen LogP contribution in [0.4, 0.5) is 13.2 Å². The van der Waals surface area contributed by atoms with Gasteiger partial charge in [0.05, 0.1) is 12.0 Å². The molecule has 0 unspecified atom stereocenters. The highest BCUT2D eigenvalue weighted by molar-refractivity contribution is 5.89. The molecule has 2 aliphatic rings. The number of rotatable bonds is 4. The van der Waals surface area contributed by atoms with Gasteiger partial charge in [0.25, 0.3) is 0 Å². The monoisotopic (exact) mass is 345 g/mol. The van der Waals surface area contributed by atoms with Crippen LogP contribution < -0.4 is 5.32 Å². The van der Waals surface area contributed by atoms with Gasteiger partial charge >= 0.3 is 6.18 Å². The predicted octanol–water partition coefficient (Wildman–Crippen LogP) is 0.812. The summed E-state index contributed by atoms with van der Waals surface area (Å²) in [4.78, 5) is 24.6. The third kappa shape index (κ3) is 3.36. The largest absolute Gasteiger partial charge is 0.406 e. The van der Waals surface area contributed by atoms with E-state index in [1.54, 1.807) is 6.92 Å². The van der Waals surface area contributed by atoms with Gasteiger partial charge in [0.2, 0.25) is 11.8 Å². The number of aryl methyl sites for hydroxylation is 1. The van der Waals surface area contributed by atoms with E-state index >= 15 is 0 Å². The van der Waals surface area contributed by atoms with Gasteiger partial charge in [0.1, 0.15) is 12.4 Å². The summed E-state index contributed by atoms with van der Waals surface area (Å²) >= 11 is 0. The first-order chi connectivity index (χ1) is 11.2. The Morgan fingerprint density at radius 1 is 1.42 bits per heavy atom. The number of carbonyl (C=O) groups excluding carboxylic acids is 2. The van der Waals surface area contributed by atoms with Gasteiger partial charge < -0.3 is 14.8 Å². The number of likely N-dealkylation sites (tertiary alicyclic amines) is 1. The first-order valence-electron chi connectivity index (χ1n) is 7.81. The van der Waals surface area contributed by atoms with Crippen molar-refractivity contribution in [2.24, 2.45) is 5.92 Å². The summed E-state index contributed by atoms with van der Waals surface area (Å²) < 4.78 is 39.2. The Bertz CT molecular complexity index is 657. The Balaban J connectivity index is 1.60. The lowest BCUT2D eigenvalue weighted by atomic mass is 10.1. The minimum atomic E-state index is -4.46. The van der Waals surface area contributed by atoms with E-state index in [9.17, 15) is 22.8 Å². The van der Waals surface area contributed by atoms with Crippen LogP contribution in [-0.4, -0.2) is 50.7 Å². The molecular weight excluding hydrogens is 327 g/mol. The van der Waals surface area contributed by atoms with Crippen molar-refractivity contribution in [3.05, 3.63) is 11.6 Å². The van der Waals surface area contributed by atoms with Crippen LogP contribution >= 0.6 is 0 Å². The number of nitrogens with zero attached hydrogens (tertiary/aromatic N) is 4. The molecule has 1 saturated heterocycles. The van der Waals surface area contributed by atoms with Crippen LogP contribution in [0.2, 0.25) is 0 Å². The zero-order valence-electron chi connectivity index (χ0n) is 13.1. The summed E-state index contributed by atoms with van der Waals surface area (Å²) in [6, 6.07) is -0.413. The highest BCUT2D eigenvalue weighted by Gasteiger charge is 2.41. The SMILES string of the molecule is C[C@H](NC(=O)[C@@H]1CC(=O)N(CC(F)(F)F)C1)c1nnc2n1CCC2. The third-order valence-corrected chi connectivity index (χ3v) is 4.34. The Labute approximate surface area is 136 Å². The molecule has 2 aliphatic heterocycles. The molecule has 132 valence electrons. The fourth-order valence-electron chi connectivity index (χ4n) is 3.21. The van der Waals surface area contributed by atoms with Crippen LogP contribution in [0, 0.1) is 5.92 Å². The summed E-state index contributed by atoms with van der Waals surface area (Å²) in [5, 5.41) is 10.9.